The molecule has 1 aliphatic rings. The van der Waals surface area contributed by atoms with Crippen molar-refractivity contribution in [3.8, 4) is 0 Å². The van der Waals surface area contributed by atoms with Gasteiger partial charge in [0.05, 0.1) is 0 Å². The lowest BCUT2D eigenvalue weighted by molar-refractivity contribution is 0.445. The maximum Gasteiger partial charge on any atom is 0.0134 e. The molecule has 0 amide bonds. The van der Waals surface area contributed by atoms with Crippen molar-refractivity contribution in [1.82, 2.24) is 5.32 Å². The molecule has 1 nitrogen and oxygen atoms in total. The van der Waals surface area contributed by atoms with Gasteiger partial charge in [-0.15, -0.1) is 6.58 Å². The first kappa shape index (κ1) is 7.80. The zero-order chi connectivity index (χ0) is 7.40. The van der Waals surface area contributed by atoms with E-state index in [-0.39, 0.29) is 0 Å². The maximum absolute atomic E-state index is 3.68. The van der Waals surface area contributed by atoms with Crippen LogP contribution in [0, 0.1) is 5.92 Å². The Labute approximate surface area is 63.5 Å². The summed E-state index contributed by atoms with van der Waals surface area (Å²) in [6.45, 7) is 6.98. The van der Waals surface area contributed by atoms with Crippen molar-refractivity contribution in [3.63, 3.8) is 0 Å². The number of rotatable bonds is 3. The minimum Gasteiger partial charge on any atom is -0.310 e. The first-order valence-electron chi connectivity index (χ1n) is 4.19. The Bertz CT molecular complexity index is 109. The third kappa shape index (κ3) is 1.84. The predicted octanol–water partition coefficient (Wildman–Crippen LogP) is 1.95. The van der Waals surface area contributed by atoms with Crippen molar-refractivity contribution in [1.29, 1.82) is 0 Å². The molecule has 0 radical (unpaired) electrons. The second-order valence-electron chi connectivity index (χ2n) is 3.21. The van der Waals surface area contributed by atoms with Gasteiger partial charge >= 0.3 is 0 Å². The third-order valence-electron chi connectivity index (χ3n) is 2.39. The summed E-state index contributed by atoms with van der Waals surface area (Å²) in [6.07, 6.45) is 6.09. The van der Waals surface area contributed by atoms with Crippen LogP contribution in [0.5, 0.6) is 0 Å². The van der Waals surface area contributed by atoms with Crippen molar-refractivity contribution in [3.05, 3.63) is 12.7 Å². The summed E-state index contributed by atoms with van der Waals surface area (Å²) >= 11 is 0. The maximum atomic E-state index is 3.68. The summed E-state index contributed by atoms with van der Waals surface area (Å²) in [7, 11) is 0. The number of hydrogen-bond acceptors (Lipinski definition) is 1. The second kappa shape index (κ2) is 3.77. The predicted molar refractivity (Wildman–Crippen MR) is 45.0 cm³/mol. The van der Waals surface area contributed by atoms with E-state index in [1.165, 1.54) is 19.3 Å². The van der Waals surface area contributed by atoms with E-state index in [1.54, 1.807) is 0 Å². The molecule has 1 saturated carbocycles. The Balaban J connectivity index is 2.19. The Kier molecular flexibility index (Phi) is 2.94. The van der Waals surface area contributed by atoms with E-state index in [4.69, 9.17) is 0 Å². The van der Waals surface area contributed by atoms with E-state index in [0.717, 1.165) is 18.5 Å². The highest BCUT2D eigenvalue weighted by atomic mass is 14.9. The Morgan fingerprint density at radius 3 is 2.90 bits per heavy atom. The first-order valence-corrected chi connectivity index (χ1v) is 4.19. The van der Waals surface area contributed by atoms with Crippen molar-refractivity contribution >= 4 is 0 Å². The number of hydrogen-bond donors (Lipinski definition) is 1. The Hall–Kier alpha value is -0.300. The molecule has 1 rings (SSSR count). The smallest absolute Gasteiger partial charge is 0.0134 e. The molecule has 1 fully saturated rings. The van der Waals surface area contributed by atoms with Crippen LogP contribution in [0.2, 0.25) is 0 Å². The van der Waals surface area contributed by atoms with E-state index in [1.807, 2.05) is 6.08 Å². The molecule has 1 aliphatic carbocycles. The lowest BCUT2D eigenvalue weighted by Gasteiger charge is -2.15. The van der Waals surface area contributed by atoms with Gasteiger partial charge in [-0.25, -0.2) is 0 Å². The SMILES string of the molecule is C=CCNC1CCCC1C. The number of nitrogens with one attached hydrogen (secondary N) is 1. The molecule has 0 aromatic rings. The minimum atomic E-state index is 0.762. The molecule has 0 aromatic carbocycles. The molecule has 1 heteroatoms. The van der Waals surface area contributed by atoms with Crippen LogP contribution in [0.15, 0.2) is 12.7 Å². The average Bonchev–Trinajstić information content (AvgIpc) is 2.31. The van der Waals surface area contributed by atoms with Crippen LogP contribution in [-0.2, 0) is 0 Å². The van der Waals surface area contributed by atoms with Gasteiger partial charge in [0.25, 0.3) is 0 Å². The van der Waals surface area contributed by atoms with Gasteiger partial charge < -0.3 is 5.32 Å². The van der Waals surface area contributed by atoms with Crippen LogP contribution in [-0.4, -0.2) is 12.6 Å². The van der Waals surface area contributed by atoms with Crippen LogP contribution in [0.1, 0.15) is 26.2 Å². The van der Waals surface area contributed by atoms with Crippen molar-refractivity contribution in [2.45, 2.75) is 32.2 Å². The first-order chi connectivity index (χ1) is 4.84. The zero-order valence-electron chi connectivity index (χ0n) is 6.77. The summed E-state index contributed by atoms with van der Waals surface area (Å²) < 4.78 is 0. The molecule has 0 aliphatic heterocycles. The van der Waals surface area contributed by atoms with Crippen molar-refractivity contribution in [2.24, 2.45) is 5.92 Å². The monoisotopic (exact) mass is 139 g/mol. The van der Waals surface area contributed by atoms with Gasteiger partial charge in [-0.1, -0.05) is 19.4 Å². The summed E-state index contributed by atoms with van der Waals surface area (Å²) in [5.41, 5.74) is 0. The molecule has 0 saturated heterocycles. The largest absolute Gasteiger partial charge is 0.310 e. The van der Waals surface area contributed by atoms with Crippen molar-refractivity contribution < 1.29 is 0 Å². The van der Waals surface area contributed by atoms with Crippen LogP contribution in [0.3, 0.4) is 0 Å². The fourth-order valence-corrected chi connectivity index (χ4v) is 1.68. The molecular weight excluding hydrogens is 122 g/mol. The van der Waals surface area contributed by atoms with Crippen LogP contribution in [0.4, 0.5) is 0 Å². The van der Waals surface area contributed by atoms with Crippen LogP contribution >= 0.6 is 0 Å². The molecule has 0 aromatic heterocycles. The quantitative estimate of drug-likeness (QED) is 0.589. The summed E-state index contributed by atoms with van der Waals surface area (Å²) in [5, 5.41) is 3.46. The van der Waals surface area contributed by atoms with E-state index >= 15 is 0 Å². The van der Waals surface area contributed by atoms with E-state index in [9.17, 15) is 0 Å². The molecule has 0 heterocycles. The highest BCUT2D eigenvalue weighted by Crippen LogP contribution is 2.24. The molecular formula is C9H17N. The third-order valence-corrected chi connectivity index (χ3v) is 2.39. The van der Waals surface area contributed by atoms with Gasteiger partial charge in [-0.3, -0.25) is 0 Å². The van der Waals surface area contributed by atoms with Crippen LogP contribution < -0.4 is 5.32 Å². The normalized spacial score (nSPS) is 32.5. The van der Waals surface area contributed by atoms with Gasteiger partial charge in [-0.05, 0) is 18.8 Å². The Morgan fingerprint density at radius 1 is 1.60 bits per heavy atom. The van der Waals surface area contributed by atoms with E-state index in [0.29, 0.717) is 0 Å². The molecule has 1 N–H and O–H groups in total. The summed E-state index contributed by atoms with van der Waals surface area (Å²) in [5.74, 6) is 0.875. The average molecular weight is 139 g/mol. The molecule has 2 unspecified atom stereocenters. The van der Waals surface area contributed by atoms with E-state index in [2.05, 4.69) is 18.8 Å². The van der Waals surface area contributed by atoms with Crippen molar-refractivity contribution in [2.75, 3.05) is 6.54 Å². The molecule has 2 atom stereocenters. The van der Waals surface area contributed by atoms with Crippen LogP contribution in [0.25, 0.3) is 0 Å². The zero-order valence-corrected chi connectivity index (χ0v) is 6.77. The lowest BCUT2D eigenvalue weighted by atomic mass is 10.1. The molecule has 58 valence electrons. The van der Waals surface area contributed by atoms with Gasteiger partial charge in [0.1, 0.15) is 0 Å². The highest BCUT2D eigenvalue weighted by Gasteiger charge is 2.21. The minimum absolute atomic E-state index is 0.762. The van der Waals surface area contributed by atoms with E-state index < -0.39 is 0 Å². The fraction of sp³-hybridized carbons (Fsp3) is 0.778. The topological polar surface area (TPSA) is 12.0 Å². The Morgan fingerprint density at radius 2 is 2.40 bits per heavy atom. The van der Waals surface area contributed by atoms with Gasteiger partial charge in [0, 0.05) is 12.6 Å². The second-order valence-corrected chi connectivity index (χ2v) is 3.21. The molecule has 0 bridgehead atoms. The standard InChI is InChI=1S/C9H17N/c1-3-7-10-9-6-4-5-8(9)2/h3,8-10H,1,4-7H2,2H3. The fourth-order valence-electron chi connectivity index (χ4n) is 1.68. The lowest BCUT2D eigenvalue weighted by Crippen LogP contribution is -2.30. The summed E-state index contributed by atoms with van der Waals surface area (Å²) in [4.78, 5) is 0. The molecule has 0 spiro atoms. The molecule has 10 heavy (non-hydrogen) atoms. The van der Waals surface area contributed by atoms with Gasteiger partial charge in [0.2, 0.25) is 0 Å². The summed E-state index contributed by atoms with van der Waals surface area (Å²) in [6, 6.07) is 0.762. The van der Waals surface area contributed by atoms with Gasteiger partial charge in [-0.2, -0.15) is 0 Å². The highest BCUT2D eigenvalue weighted by molar-refractivity contribution is 4.82. The van der Waals surface area contributed by atoms with Gasteiger partial charge in [0.15, 0.2) is 0 Å².